The van der Waals surface area contributed by atoms with Gasteiger partial charge in [-0.2, -0.15) is 0 Å². The molecule has 2 heterocycles. The average molecular weight is 284 g/mol. The van der Waals surface area contributed by atoms with E-state index in [1.807, 2.05) is 0 Å². The molecule has 2 rings (SSSR count). The van der Waals surface area contributed by atoms with Crippen molar-refractivity contribution in [3.8, 4) is 0 Å². The van der Waals surface area contributed by atoms with Gasteiger partial charge >= 0.3 is 5.97 Å². The van der Waals surface area contributed by atoms with Crippen molar-refractivity contribution < 1.29 is 19.4 Å². The number of nitrogens with one attached hydrogen (secondary N) is 1. The molecule has 2 aliphatic heterocycles. The molecule has 0 spiro atoms. The Hall–Kier alpha value is -1.14. The molecule has 0 saturated carbocycles. The Labute approximate surface area is 119 Å². The van der Waals surface area contributed by atoms with Crippen LogP contribution in [0.5, 0.6) is 0 Å². The topological polar surface area (TPSA) is 78.9 Å². The van der Waals surface area contributed by atoms with Crippen molar-refractivity contribution in [2.45, 2.75) is 25.7 Å². The molecule has 0 bridgehead atoms. The summed E-state index contributed by atoms with van der Waals surface area (Å²) in [7, 11) is 0. The van der Waals surface area contributed by atoms with Gasteiger partial charge < -0.3 is 20.1 Å². The van der Waals surface area contributed by atoms with E-state index < -0.39 is 5.97 Å². The van der Waals surface area contributed by atoms with Crippen LogP contribution < -0.4 is 5.32 Å². The number of piperidine rings is 1. The van der Waals surface area contributed by atoms with Crippen molar-refractivity contribution in [2.75, 3.05) is 39.4 Å². The van der Waals surface area contributed by atoms with Gasteiger partial charge in [-0.05, 0) is 38.1 Å². The first-order valence-corrected chi connectivity index (χ1v) is 7.46. The van der Waals surface area contributed by atoms with Gasteiger partial charge in [-0.1, -0.05) is 0 Å². The van der Waals surface area contributed by atoms with Crippen LogP contribution in [0.1, 0.15) is 25.7 Å². The summed E-state index contributed by atoms with van der Waals surface area (Å²) in [5.74, 6) is -0.334. The van der Waals surface area contributed by atoms with Crippen LogP contribution in [0.3, 0.4) is 0 Å². The molecular weight excluding hydrogens is 260 g/mol. The predicted molar refractivity (Wildman–Crippen MR) is 73.4 cm³/mol. The Kier molecular flexibility index (Phi) is 5.79. The van der Waals surface area contributed by atoms with Crippen LogP contribution >= 0.6 is 0 Å². The third-order valence-corrected chi connectivity index (χ3v) is 4.25. The fraction of sp³-hybridized carbons (Fsp3) is 0.857. The molecule has 1 amide bonds. The fourth-order valence-electron chi connectivity index (χ4n) is 2.82. The van der Waals surface area contributed by atoms with E-state index in [0.29, 0.717) is 38.4 Å². The minimum Gasteiger partial charge on any atom is -0.481 e. The second-order valence-electron chi connectivity index (χ2n) is 5.68. The van der Waals surface area contributed by atoms with E-state index in [-0.39, 0.29) is 11.8 Å². The van der Waals surface area contributed by atoms with Crippen molar-refractivity contribution in [1.29, 1.82) is 0 Å². The minimum absolute atomic E-state index is 0.0842. The van der Waals surface area contributed by atoms with Gasteiger partial charge in [-0.3, -0.25) is 9.59 Å². The largest absolute Gasteiger partial charge is 0.481 e. The smallest absolute Gasteiger partial charge is 0.306 e. The third kappa shape index (κ3) is 4.45. The summed E-state index contributed by atoms with van der Waals surface area (Å²) in [6.07, 6.45) is 3.26. The van der Waals surface area contributed by atoms with Crippen molar-refractivity contribution >= 4 is 11.9 Å². The van der Waals surface area contributed by atoms with Crippen LogP contribution in [0.2, 0.25) is 0 Å². The highest BCUT2D eigenvalue weighted by atomic mass is 16.5. The van der Waals surface area contributed by atoms with E-state index >= 15 is 0 Å². The van der Waals surface area contributed by atoms with Gasteiger partial charge in [-0.25, -0.2) is 0 Å². The molecule has 20 heavy (non-hydrogen) atoms. The van der Waals surface area contributed by atoms with Crippen LogP contribution in [0.25, 0.3) is 0 Å². The fourth-order valence-corrected chi connectivity index (χ4v) is 2.82. The molecule has 0 radical (unpaired) electrons. The Morgan fingerprint density at radius 1 is 1.15 bits per heavy atom. The van der Waals surface area contributed by atoms with Crippen molar-refractivity contribution in [3.05, 3.63) is 0 Å². The molecule has 2 fully saturated rings. The normalized spacial score (nSPS) is 21.9. The molecule has 6 heteroatoms. The average Bonchev–Trinajstić information content (AvgIpc) is 2.48. The quantitative estimate of drug-likeness (QED) is 0.760. The van der Waals surface area contributed by atoms with Gasteiger partial charge in [0.1, 0.15) is 0 Å². The summed E-state index contributed by atoms with van der Waals surface area (Å²) in [6, 6.07) is 0. The Morgan fingerprint density at radius 3 is 2.40 bits per heavy atom. The molecule has 0 aromatic heterocycles. The maximum Gasteiger partial charge on any atom is 0.306 e. The van der Waals surface area contributed by atoms with Gasteiger partial charge in [0.05, 0.1) is 12.5 Å². The number of likely N-dealkylation sites (tertiary alicyclic amines) is 1. The minimum atomic E-state index is -0.741. The lowest BCUT2D eigenvalue weighted by Gasteiger charge is -2.30. The monoisotopic (exact) mass is 284 g/mol. The highest BCUT2D eigenvalue weighted by Crippen LogP contribution is 2.17. The van der Waals surface area contributed by atoms with E-state index in [2.05, 4.69) is 5.32 Å². The second-order valence-corrected chi connectivity index (χ2v) is 5.68. The van der Waals surface area contributed by atoms with Crippen molar-refractivity contribution in [1.82, 2.24) is 10.2 Å². The standard InChI is InChI=1S/C14H24N2O4/c17-13(10-15-9-11-3-7-20-8-4-11)16-5-1-12(2-6-16)14(18)19/h11-12,15H,1-10H2,(H,18,19). The van der Waals surface area contributed by atoms with Crippen LogP contribution in [-0.2, 0) is 14.3 Å². The lowest BCUT2D eigenvalue weighted by atomic mass is 9.97. The third-order valence-electron chi connectivity index (χ3n) is 4.25. The van der Waals surface area contributed by atoms with E-state index in [4.69, 9.17) is 9.84 Å². The molecule has 2 saturated heterocycles. The van der Waals surface area contributed by atoms with Gasteiger partial charge in [0, 0.05) is 26.3 Å². The highest BCUT2D eigenvalue weighted by molar-refractivity contribution is 5.78. The number of carboxylic acid groups (broad SMARTS) is 1. The number of ether oxygens (including phenoxy) is 1. The van der Waals surface area contributed by atoms with Crippen LogP contribution in [0, 0.1) is 11.8 Å². The number of rotatable bonds is 5. The highest BCUT2D eigenvalue weighted by Gasteiger charge is 2.26. The molecule has 114 valence electrons. The maximum atomic E-state index is 12.0. The zero-order valence-electron chi connectivity index (χ0n) is 11.8. The first-order chi connectivity index (χ1) is 9.66. The first kappa shape index (κ1) is 15.3. The number of amides is 1. The van der Waals surface area contributed by atoms with E-state index in [9.17, 15) is 9.59 Å². The van der Waals surface area contributed by atoms with Crippen LogP contribution in [0.4, 0.5) is 0 Å². The maximum absolute atomic E-state index is 12.0. The predicted octanol–water partition coefficient (Wildman–Crippen LogP) is 0.326. The summed E-state index contributed by atoms with van der Waals surface area (Å²) in [5, 5.41) is 12.1. The molecule has 2 aliphatic rings. The lowest BCUT2D eigenvalue weighted by molar-refractivity contribution is -0.145. The molecule has 0 unspecified atom stereocenters. The Morgan fingerprint density at radius 2 is 1.80 bits per heavy atom. The number of carbonyl (C=O) groups is 2. The zero-order chi connectivity index (χ0) is 14.4. The number of hydrogen-bond acceptors (Lipinski definition) is 4. The number of carboxylic acids is 1. The molecule has 6 nitrogen and oxygen atoms in total. The molecule has 0 aliphatic carbocycles. The number of aliphatic carboxylic acids is 1. The van der Waals surface area contributed by atoms with Gasteiger partial charge in [-0.15, -0.1) is 0 Å². The van der Waals surface area contributed by atoms with Gasteiger partial charge in [0.15, 0.2) is 0 Å². The van der Waals surface area contributed by atoms with Crippen molar-refractivity contribution in [3.63, 3.8) is 0 Å². The Bertz CT molecular complexity index is 334. The summed E-state index contributed by atoms with van der Waals surface area (Å²) in [4.78, 5) is 24.6. The molecular formula is C14H24N2O4. The lowest BCUT2D eigenvalue weighted by Crippen LogP contribution is -2.44. The number of carbonyl (C=O) groups excluding carboxylic acids is 1. The van der Waals surface area contributed by atoms with Crippen molar-refractivity contribution in [2.24, 2.45) is 11.8 Å². The van der Waals surface area contributed by atoms with Gasteiger partial charge in [0.2, 0.25) is 5.91 Å². The Balaban J connectivity index is 1.61. The molecule has 0 aromatic rings. The molecule has 2 N–H and O–H groups in total. The SMILES string of the molecule is O=C(O)C1CCN(C(=O)CNCC2CCOCC2)CC1. The molecule has 0 atom stereocenters. The summed E-state index contributed by atoms with van der Waals surface area (Å²) >= 11 is 0. The van der Waals surface area contributed by atoms with E-state index in [0.717, 1.165) is 32.6 Å². The number of nitrogens with zero attached hydrogens (tertiary/aromatic N) is 1. The van der Waals surface area contributed by atoms with E-state index in [1.54, 1.807) is 4.90 Å². The summed E-state index contributed by atoms with van der Waals surface area (Å²) in [6.45, 7) is 3.99. The summed E-state index contributed by atoms with van der Waals surface area (Å²) < 4.78 is 5.30. The van der Waals surface area contributed by atoms with Crippen LogP contribution in [-0.4, -0.2) is 61.3 Å². The first-order valence-electron chi connectivity index (χ1n) is 7.46. The number of hydrogen-bond donors (Lipinski definition) is 2. The van der Waals surface area contributed by atoms with Gasteiger partial charge in [0.25, 0.3) is 0 Å². The van der Waals surface area contributed by atoms with Crippen LogP contribution in [0.15, 0.2) is 0 Å². The summed E-state index contributed by atoms with van der Waals surface area (Å²) in [5.41, 5.74) is 0. The molecule has 0 aromatic carbocycles. The van der Waals surface area contributed by atoms with E-state index in [1.165, 1.54) is 0 Å². The zero-order valence-corrected chi connectivity index (χ0v) is 11.8. The second kappa shape index (κ2) is 7.59.